The molecule has 2 unspecified atom stereocenters. The third-order valence-electron chi connectivity index (χ3n) is 3.29. The fraction of sp³-hybridized carbons (Fsp3) is 0.667. The van der Waals surface area contributed by atoms with E-state index in [4.69, 9.17) is 0 Å². The Labute approximate surface area is 97.3 Å². The van der Waals surface area contributed by atoms with Gasteiger partial charge in [0.2, 0.25) is 5.95 Å². The van der Waals surface area contributed by atoms with Crippen molar-refractivity contribution in [2.45, 2.75) is 19.9 Å². The van der Waals surface area contributed by atoms with Crippen LogP contribution in [-0.4, -0.2) is 48.1 Å². The quantitative estimate of drug-likeness (QED) is 0.749. The molecule has 0 aromatic carbocycles. The molecule has 1 aliphatic rings. The molecular weight excluding hydrogens is 200 g/mol. The number of aromatic nitrogens is 2. The van der Waals surface area contributed by atoms with Gasteiger partial charge in [0.25, 0.3) is 0 Å². The highest BCUT2D eigenvalue weighted by Gasteiger charge is 2.32. The van der Waals surface area contributed by atoms with Crippen LogP contribution >= 0.6 is 0 Å². The zero-order chi connectivity index (χ0) is 11.7. The average molecular weight is 220 g/mol. The lowest BCUT2D eigenvalue weighted by molar-refractivity contribution is 0.266. The third-order valence-corrected chi connectivity index (χ3v) is 3.29. The first kappa shape index (κ1) is 11.3. The number of likely N-dealkylation sites (N-methyl/N-ethyl adjacent to an activating group) is 1. The van der Waals surface area contributed by atoms with E-state index in [0.717, 1.165) is 24.6 Å². The average Bonchev–Trinajstić information content (AvgIpc) is 2.61. The van der Waals surface area contributed by atoms with Crippen LogP contribution in [0.15, 0.2) is 12.4 Å². The van der Waals surface area contributed by atoms with E-state index >= 15 is 0 Å². The molecule has 0 N–H and O–H groups in total. The van der Waals surface area contributed by atoms with E-state index in [1.807, 2.05) is 19.3 Å². The monoisotopic (exact) mass is 220 g/mol. The Kier molecular flexibility index (Phi) is 3.10. The number of rotatable bonds is 2. The minimum atomic E-state index is 0.602. The number of hydrogen-bond donors (Lipinski definition) is 0. The lowest BCUT2D eigenvalue weighted by Gasteiger charge is -2.22. The maximum Gasteiger partial charge on any atom is 0.225 e. The Morgan fingerprint density at radius 1 is 1.25 bits per heavy atom. The summed E-state index contributed by atoms with van der Waals surface area (Å²) in [5.41, 5.74) is 1.11. The van der Waals surface area contributed by atoms with Crippen molar-refractivity contribution in [1.29, 1.82) is 0 Å². The van der Waals surface area contributed by atoms with E-state index in [1.165, 1.54) is 0 Å². The summed E-state index contributed by atoms with van der Waals surface area (Å²) >= 11 is 0. The van der Waals surface area contributed by atoms with Gasteiger partial charge in [-0.1, -0.05) is 6.92 Å². The Morgan fingerprint density at radius 2 is 1.88 bits per heavy atom. The summed E-state index contributed by atoms with van der Waals surface area (Å²) in [6.07, 6.45) is 3.77. The van der Waals surface area contributed by atoms with Gasteiger partial charge in [0, 0.05) is 31.5 Å². The van der Waals surface area contributed by atoms with Crippen LogP contribution in [0.25, 0.3) is 0 Å². The summed E-state index contributed by atoms with van der Waals surface area (Å²) in [6.45, 7) is 6.38. The van der Waals surface area contributed by atoms with E-state index in [0.29, 0.717) is 12.0 Å². The van der Waals surface area contributed by atoms with Crippen LogP contribution in [-0.2, 0) is 0 Å². The molecule has 4 nitrogen and oxygen atoms in total. The van der Waals surface area contributed by atoms with Crippen LogP contribution in [0.5, 0.6) is 0 Å². The molecule has 1 fully saturated rings. The molecule has 1 saturated heterocycles. The van der Waals surface area contributed by atoms with Gasteiger partial charge in [0.05, 0.1) is 0 Å². The van der Waals surface area contributed by atoms with Crippen molar-refractivity contribution in [1.82, 2.24) is 14.9 Å². The molecule has 2 rings (SSSR count). The Hall–Kier alpha value is -1.16. The molecule has 4 heteroatoms. The van der Waals surface area contributed by atoms with Crippen molar-refractivity contribution >= 4 is 5.95 Å². The molecule has 0 amide bonds. The smallest absolute Gasteiger partial charge is 0.225 e. The van der Waals surface area contributed by atoms with Crippen molar-refractivity contribution in [3.05, 3.63) is 18.0 Å². The highest BCUT2D eigenvalue weighted by atomic mass is 15.3. The standard InChI is InChI=1S/C12H20N4/c1-9-5-13-12(14-6-9)16-7-10(2)11(8-16)15(3)4/h5-6,10-11H,7-8H2,1-4H3. The maximum absolute atomic E-state index is 4.38. The highest BCUT2D eigenvalue weighted by Crippen LogP contribution is 2.23. The molecule has 1 aromatic rings. The second kappa shape index (κ2) is 4.37. The van der Waals surface area contributed by atoms with Gasteiger partial charge in [-0.15, -0.1) is 0 Å². The van der Waals surface area contributed by atoms with Crippen LogP contribution in [0.2, 0.25) is 0 Å². The zero-order valence-electron chi connectivity index (χ0n) is 10.5. The van der Waals surface area contributed by atoms with Gasteiger partial charge in [0.1, 0.15) is 0 Å². The van der Waals surface area contributed by atoms with E-state index in [2.05, 4.69) is 40.8 Å². The van der Waals surface area contributed by atoms with Crippen LogP contribution in [0.1, 0.15) is 12.5 Å². The second-order valence-corrected chi connectivity index (χ2v) is 4.97. The van der Waals surface area contributed by atoms with Gasteiger partial charge in [-0.2, -0.15) is 0 Å². The van der Waals surface area contributed by atoms with Crippen molar-refractivity contribution < 1.29 is 0 Å². The van der Waals surface area contributed by atoms with E-state index in [-0.39, 0.29) is 0 Å². The zero-order valence-corrected chi connectivity index (χ0v) is 10.5. The van der Waals surface area contributed by atoms with E-state index < -0.39 is 0 Å². The summed E-state index contributed by atoms with van der Waals surface area (Å²) in [5, 5.41) is 0. The van der Waals surface area contributed by atoms with Gasteiger partial charge in [0.15, 0.2) is 0 Å². The van der Waals surface area contributed by atoms with Crippen molar-refractivity contribution in [3.8, 4) is 0 Å². The molecule has 16 heavy (non-hydrogen) atoms. The van der Waals surface area contributed by atoms with Crippen molar-refractivity contribution in [2.75, 3.05) is 32.1 Å². The molecule has 0 bridgehead atoms. The van der Waals surface area contributed by atoms with Gasteiger partial charge in [-0.25, -0.2) is 9.97 Å². The van der Waals surface area contributed by atoms with Gasteiger partial charge >= 0.3 is 0 Å². The lowest BCUT2D eigenvalue weighted by atomic mass is 10.1. The summed E-state index contributed by atoms with van der Waals surface area (Å²) in [4.78, 5) is 13.3. The molecule has 88 valence electrons. The topological polar surface area (TPSA) is 32.3 Å². The molecule has 2 heterocycles. The highest BCUT2D eigenvalue weighted by molar-refractivity contribution is 5.32. The Morgan fingerprint density at radius 3 is 2.38 bits per heavy atom. The number of hydrogen-bond acceptors (Lipinski definition) is 4. The molecule has 1 aromatic heterocycles. The van der Waals surface area contributed by atoms with Crippen LogP contribution in [0.3, 0.4) is 0 Å². The minimum absolute atomic E-state index is 0.602. The molecule has 0 radical (unpaired) electrons. The van der Waals surface area contributed by atoms with Crippen LogP contribution < -0.4 is 4.90 Å². The lowest BCUT2D eigenvalue weighted by Crippen LogP contribution is -2.34. The third kappa shape index (κ3) is 2.16. The normalized spacial score (nSPS) is 25.4. The van der Waals surface area contributed by atoms with Crippen molar-refractivity contribution in [2.24, 2.45) is 5.92 Å². The number of aryl methyl sites for hydroxylation is 1. The second-order valence-electron chi connectivity index (χ2n) is 4.97. The molecule has 1 aliphatic heterocycles. The fourth-order valence-corrected chi connectivity index (χ4v) is 2.33. The Balaban J connectivity index is 2.10. The molecular formula is C12H20N4. The van der Waals surface area contributed by atoms with Gasteiger partial charge in [-0.05, 0) is 32.5 Å². The predicted octanol–water partition coefficient (Wildman–Crippen LogP) is 1.17. The number of nitrogens with zero attached hydrogens (tertiary/aromatic N) is 4. The maximum atomic E-state index is 4.38. The SMILES string of the molecule is Cc1cnc(N2CC(C)C(N(C)C)C2)nc1. The summed E-state index contributed by atoms with van der Waals surface area (Å²) in [5.74, 6) is 1.53. The van der Waals surface area contributed by atoms with Crippen molar-refractivity contribution in [3.63, 3.8) is 0 Å². The fourth-order valence-electron chi connectivity index (χ4n) is 2.33. The first-order chi connectivity index (χ1) is 7.58. The van der Waals surface area contributed by atoms with E-state index in [1.54, 1.807) is 0 Å². The summed E-state index contributed by atoms with van der Waals surface area (Å²) in [7, 11) is 4.28. The van der Waals surface area contributed by atoms with Crippen LogP contribution in [0.4, 0.5) is 5.95 Å². The largest absolute Gasteiger partial charge is 0.339 e. The summed E-state index contributed by atoms with van der Waals surface area (Å²) in [6, 6.07) is 0.602. The molecule has 0 aliphatic carbocycles. The summed E-state index contributed by atoms with van der Waals surface area (Å²) < 4.78 is 0. The minimum Gasteiger partial charge on any atom is -0.339 e. The first-order valence-electron chi connectivity index (χ1n) is 5.78. The Bertz CT molecular complexity index is 347. The van der Waals surface area contributed by atoms with Crippen LogP contribution in [0, 0.1) is 12.8 Å². The predicted molar refractivity (Wildman–Crippen MR) is 65.6 cm³/mol. The van der Waals surface area contributed by atoms with Gasteiger partial charge < -0.3 is 9.80 Å². The number of anilines is 1. The molecule has 0 spiro atoms. The van der Waals surface area contributed by atoms with Gasteiger partial charge in [-0.3, -0.25) is 0 Å². The van der Waals surface area contributed by atoms with E-state index in [9.17, 15) is 0 Å². The molecule has 0 saturated carbocycles. The first-order valence-corrected chi connectivity index (χ1v) is 5.78. The molecule has 2 atom stereocenters.